The minimum absolute atomic E-state index is 0.0930. The number of benzene rings is 3. The lowest BCUT2D eigenvalue weighted by atomic mass is 10.1. The molecule has 13 heteroatoms. The number of halogens is 4. The summed E-state index contributed by atoms with van der Waals surface area (Å²) in [6.45, 7) is 0.655. The van der Waals surface area contributed by atoms with Crippen molar-refractivity contribution < 1.29 is 35.9 Å². The molecule has 41 heavy (non-hydrogen) atoms. The number of hydrogen-bond acceptors (Lipinski definition) is 5. The number of likely N-dealkylation sites (N-methyl/N-ethyl adjacent to an activating group) is 1. The highest BCUT2D eigenvalue weighted by molar-refractivity contribution is 7.92. The maximum Gasteiger partial charge on any atom is 0.416 e. The number of rotatable bonds is 11. The van der Waals surface area contributed by atoms with Gasteiger partial charge in [-0.3, -0.25) is 13.9 Å². The number of carbonyl (C=O) groups excluding carboxylic acids is 2. The summed E-state index contributed by atoms with van der Waals surface area (Å²) < 4.78 is 74.1. The lowest BCUT2D eigenvalue weighted by Crippen LogP contribution is -2.51. The standard InChI is InChI=1S/C28H29ClF3N3O5S/c1-4-24(27(37)33-2)34(17-19-10-13-21(40-3)14-11-19)26(36)18-35(41(38,39)22-8-6-5-7-9-22)25-16-20(28(30,31)32)12-15-23(25)29/h5-16,24H,4,17-18H2,1-3H3,(H,33,37)/t24-/m0/s1. The maximum atomic E-state index is 13.9. The smallest absolute Gasteiger partial charge is 0.416 e. The Hall–Kier alpha value is -3.77. The van der Waals surface area contributed by atoms with Crippen molar-refractivity contribution in [1.82, 2.24) is 10.2 Å². The van der Waals surface area contributed by atoms with E-state index in [1.54, 1.807) is 37.3 Å². The highest BCUT2D eigenvalue weighted by Gasteiger charge is 2.36. The Morgan fingerprint density at radius 1 is 1.02 bits per heavy atom. The Morgan fingerprint density at radius 3 is 2.20 bits per heavy atom. The van der Waals surface area contributed by atoms with E-state index in [0.717, 1.165) is 12.1 Å². The molecule has 8 nitrogen and oxygen atoms in total. The molecule has 1 atom stereocenters. The van der Waals surface area contributed by atoms with E-state index in [-0.39, 0.29) is 22.9 Å². The highest BCUT2D eigenvalue weighted by Crippen LogP contribution is 2.37. The molecule has 0 aliphatic rings. The molecule has 0 saturated carbocycles. The van der Waals surface area contributed by atoms with E-state index in [0.29, 0.717) is 21.7 Å². The van der Waals surface area contributed by atoms with Crippen LogP contribution >= 0.6 is 11.6 Å². The summed E-state index contributed by atoms with van der Waals surface area (Å²) in [5, 5.41) is 2.18. The monoisotopic (exact) mass is 611 g/mol. The van der Waals surface area contributed by atoms with Crippen LogP contribution in [0.3, 0.4) is 0 Å². The Kier molecular flexibility index (Phi) is 10.3. The van der Waals surface area contributed by atoms with Crippen LogP contribution in [0.4, 0.5) is 18.9 Å². The third kappa shape index (κ3) is 7.50. The number of nitrogens with zero attached hydrogens (tertiary/aromatic N) is 2. The summed E-state index contributed by atoms with van der Waals surface area (Å²) in [6.07, 6.45) is -4.63. The van der Waals surface area contributed by atoms with Gasteiger partial charge < -0.3 is 15.0 Å². The Bertz CT molecular complexity index is 1470. The molecule has 0 aliphatic heterocycles. The molecule has 0 unspecified atom stereocenters. The van der Waals surface area contributed by atoms with Gasteiger partial charge in [0.05, 0.1) is 28.3 Å². The zero-order valence-electron chi connectivity index (χ0n) is 22.5. The van der Waals surface area contributed by atoms with Crippen LogP contribution in [0.2, 0.25) is 5.02 Å². The van der Waals surface area contributed by atoms with Crippen molar-refractivity contribution in [2.45, 2.75) is 37.0 Å². The number of alkyl halides is 3. The van der Waals surface area contributed by atoms with Crippen LogP contribution in [-0.2, 0) is 32.3 Å². The van der Waals surface area contributed by atoms with E-state index in [1.165, 1.54) is 43.3 Å². The lowest BCUT2D eigenvalue weighted by molar-refractivity contribution is -0.140. The van der Waals surface area contributed by atoms with E-state index in [4.69, 9.17) is 16.3 Å². The van der Waals surface area contributed by atoms with Crippen molar-refractivity contribution in [1.29, 1.82) is 0 Å². The third-order valence-electron chi connectivity index (χ3n) is 6.30. The molecule has 0 aromatic heterocycles. The van der Waals surface area contributed by atoms with E-state index >= 15 is 0 Å². The number of sulfonamides is 1. The second-order valence-corrected chi connectivity index (χ2v) is 11.2. The predicted molar refractivity (Wildman–Crippen MR) is 149 cm³/mol. The minimum atomic E-state index is -4.81. The Labute approximate surface area is 241 Å². The molecule has 3 rings (SSSR count). The number of carbonyl (C=O) groups is 2. The van der Waals surface area contributed by atoms with Gasteiger partial charge >= 0.3 is 6.18 Å². The van der Waals surface area contributed by atoms with Gasteiger partial charge in [-0.15, -0.1) is 0 Å². The van der Waals surface area contributed by atoms with Crippen LogP contribution in [0.5, 0.6) is 5.75 Å². The SMILES string of the molecule is CC[C@@H](C(=O)NC)N(Cc1ccc(OC)cc1)C(=O)CN(c1cc(C(F)(F)F)ccc1Cl)S(=O)(=O)c1ccccc1. The topological polar surface area (TPSA) is 96.0 Å². The molecule has 0 radical (unpaired) electrons. The molecular formula is C28H29ClF3N3O5S. The van der Waals surface area contributed by atoms with Gasteiger partial charge in [-0.05, 0) is 54.4 Å². The molecule has 0 bridgehead atoms. The minimum Gasteiger partial charge on any atom is -0.497 e. The fraction of sp³-hybridized carbons (Fsp3) is 0.286. The van der Waals surface area contributed by atoms with Crippen molar-refractivity contribution in [3.8, 4) is 5.75 Å². The molecule has 3 aromatic rings. The largest absolute Gasteiger partial charge is 0.497 e. The fourth-order valence-electron chi connectivity index (χ4n) is 4.13. The molecule has 0 aliphatic carbocycles. The van der Waals surface area contributed by atoms with E-state index < -0.39 is 51.9 Å². The maximum absolute atomic E-state index is 13.9. The van der Waals surface area contributed by atoms with Crippen molar-refractivity contribution in [3.63, 3.8) is 0 Å². The van der Waals surface area contributed by atoms with Crippen LogP contribution in [0, 0.1) is 0 Å². The van der Waals surface area contributed by atoms with Gasteiger partial charge in [-0.2, -0.15) is 13.2 Å². The Balaban J connectivity index is 2.14. The molecule has 0 heterocycles. The number of amides is 2. The quantitative estimate of drug-likeness (QED) is 0.325. The number of hydrogen-bond donors (Lipinski definition) is 1. The molecular weight excluding hydrogens is 583 g/mol. The molecule has 1 N–H and O–H groups in total. The predicted octanol–water partition coefficient (Wildman–Crippen LogP) is 5.12. The Morgan fingerprint density at radius 2 is 1.66 bits per heavy atom. The normalized spacial score (nSPS) is 12.4. The summed E-state index contributed by atoms with van der Waals surface area (Å²) in [5.41, 5.74) is -1.07. The van der Waals surface area contributed by atoms with E-state index in [9.17, 15) is 31.2 Å². The van der Waals surface area contributed by atoms with Crippen molar-refractivity contribution in [2.24, 2.45) is 0 Å². The fourth-order valence-corrected chi connectivity index (χ4v) is 5.84. The van der Waals surface area contributed by atoms with Crippen molar-refractivity contribution >= 4 is 39.1 Å². The van der Waals surface area contributed by atoms with Crippen molar-refractivity contribution in [3.05, 3.63) is 88.9 Å². The molecule has 220 valence electrons. The summed E-state index contributed by atoms with van der Waals surface area (Å²) in [5.74, 6) is -0.766. The molecule has 2 amide bonds. The van der Waals surface area contributed by atoms with Gasteiger partial charge in [0.15, 0.2) is 0 Å². The summed E-state index contributed by atoms with van der Waals surface area (Å²) in [7, 11) is -1.70. The number of nitrogens with one attached hydrogen (secondary N) is 1. The summed E-state index contributed by atoms with van der Waals surface area (Å²) in [4.78, 5) is 27.6. The van der Waals surface area contributed by atoms with Gasteiger partial charge in [-0.25, -0.2) is 8.42 Å². The first kappa shape index (κ1) is 31.8. The van der Waals surface area contributed by atoms with Gasteiger partial charge in [0.25, 0.3) is 10.0 Å². The zero-order valence-corrected chi connectivity index (χ0v) is 24.1. The van der Waals surface area contributed by atoms with Crippen LogP contribution in [0.1, 0.15) is 24.5 Å². The van der Waals surface area contributed by atoms with Gasteiger partial charge in [-0.1, -0.05) is 48.9 Å². The van der Waals surface area contributed by atoms with Crippen LogP contribution < -0.4 is 14.4 Å². The van der Waals surface area contributed by atoms with Gasteiger partial charge in [0.2, 0.25) is 11.8 Å². The summed E-state index contributed by atoms with van der Waals surface area (Å²) >= 11 is 6.24. The van der Waals surface area contributed by atoms with Crippen molar-refractivity contribution in [2.75, 3.05) is 25.0 Å². The van der Waals surface area contributed by atoms with E-state index in [2.05, 4.69) is 5.32 Å². The first-order valence-electron chi connectivity index (χ1n) is 12.4. The van der Waals surface area contributed by atoms with Crippen LogP contribution in [0.15, 0.2) is 77.7 Å². The van der Waals surface area contributed by atoms with Gasteiger partial charge in [0.1, 0.15) is 18.3 Å². The first-order valence-corrected chi connectivity index (χ1v) is 14.2. The molecule has 3 aromatic carbocycles. The third-order valence-corrected chi connectivity index (χ3v) is 8.39. The summed E-state index contributed by atoms with van der Waals surface area (Å²) in [6, 6.07) is 14.8. The highest BCUT2D eigenvalue weighted by atomic mass is 35.5. The van der Waals surface area contributed by atoms with Crippen LogP contribution in [-0.4, -0.2) is 51.9 Å². The van der Waals surface area contributed by atoms with Gasteiger partial charge in [0, 0.05) is 13.6 Å². The number of anilines is 1. The average molecular weight is 612 g/mol. The molecule has 0 fully saturated rings. The zero-order chi connectivity index (χ0) is 30.4. The number of ether oxygens (including phenoxy) is 1. The second kappa shape index (κ2) is 13.3. The lowest BCUT2D eigenvalue weighted by Gasteiger charge is -2.33. The number of methoxy groups -OCH3 is 1. The van der Waals surface area contributed by atoms with Crippen LogP contribution in [0.25, 0.3) is 0 Å². The second-order valence-electron chi connectivity index (χ2n) is 8.90. The molecule has 0 saturated heterocycles. The average Bonchev–Trinajstić information content (AvgIpc) is 2.96. The first-order chi connectivity index (χ1) is 19.3. The molecule has 0 spiro atoms. The van der Waals surface area contributed by atoms with E-state index in [1.807, 2.05) is 0 Å².